The number of carboxylic acid groups (broad SMARTS) is 1. The molecule has 1 N–H and O–H groups in total. The number of ketones is 1. The summed E-state index contributed by atoms with van der Waals surface area (Å²) in [6.45, 7) is 2.07. The van der Waals surface area contributed by atoms with Crippen molar-refractivity contribution in [2.45, 2.75) is 77.6 Å². The number of carboxylic acids is 1. The zero-order valence-corrected chi connectivity index (χ0v) is 13.1. The van der Waals surface area contributed by atoms with Gasteiger partial charge in [0.2, 0.25) is 0 Å². The Morgan fingerprint density at radius 2 is 1.67 bits per heavy atom. The quantitative estimate of drug-likeness (QED) is 0.277. The molecule has 0 amide bonds. The van der Waals surface area contributed by atoms with Gasteiger partial charge in [-0.1, -0.05) is 57.2 Å². The van der Waals surface area contributed by atoms with Crippen molar-refractivity contribution in [1.82, 2.24) is 0 Å². The maximum absolute atomic E-state index is 11.8. The number of carbonyl (C=O) groups excluding carboxylic acids is 1. The number of rotatable bonds is 14. The molecular formula is C18H30O3. The molecule has 21 heavy (non-hydrogen) atoms. The van der Waals surface area contributed by atoms with Gasteiger partial charge in [0.25, 0.3) is 0 Å². The molecule has 0 aliphatic heterocycles. The molecule has 0 atom stereocenters. The lowest BCUT2D eigenvalue weighted by atomic mass is 10.1. The molecule has 0 heterocycles. The van der Waals surface area contributed by atoms with E-state index in [-0.39, 0.29) is 36.8 Å². The molecule has 0 aromatic heterocycles. The van der Waals surface area contributed by atoms with Crippen LogP contribution in [0.2, 0.25) is 0 Å². The Morgan fingerprint density at radius 1 is 1.00 bits per heavy atom. The van der Waals surface area contributed by atoms with Gasteiger partial charge in [-0.05, 0) is 31.7 Å². The molecule has 0 unspecified atom stereocenters. The van der Waals surface area contributed by atoms with Gasteiger partial charge in [0.1, 0.15) is 0 Å². The van der Waals surface area contributed by atoms with Gasteiger partial charge in [-0.3, -0.25) is 9.59 Å². The van der Waals surface area contributed by atoms with Crippen molar-refractivity contribution < 1.29 is 18.8 Å². The minimum atomic E-state index is -0.781. The number of carbonyl (C=O) groups is 2. The van der Waals surface area contributed by atoms with Crippen LogP contribution in [-0.4, -0.2) is 16.9 Å². The molecule has 0 aromatic carbocycles. The molecule has 0 bridgehead atoms. The Morgan fingerprint density at radius 3 is 2.33 bits per heavy atom. The van der Waals surface area contributed by atoms with Crippen LogP contribution in [-0.2, 0) is 9.59 Å². The molecule has 0 aliphatic carbocycles. The van der Waals surface area contributed by atoms with Crippen LogP contribution >= 0.6 is 0 Å². The van der Waals surface area contributed by atoms with Crippen LogP contribution in [0.25, 0.3) is 0 Å². The second-order valence-corrected chi connectivity index (χ2v) is 5.15. The van der Waals surface area contributed by atoms with Crippen LogP contribution in [0.4, 0.5) is 0 Å². The van der Waals surface area contributed by atoms with Crippen molar-refractivity contribution in [3.05, 3.63) is 24.2 Å². The molecule has 0 aromatic rings. The molecular weight excluding hydrogens is 264 g/mol. The van der Waals surface area contributed by atoms with E-state index < -0.39 is 5.97 Å². The Balaban J connectivity index is 4.07. The zero-order valence-electron chi connectivity index (χ0n) is 16.1. The highest BCUT2D eigenvalue weighted by Crippen LogP contribution is 2.08. The first-order chi connectivity index (χ1) is 11.4. The number of unbranched alkanes of at least 4 members (excludes halogenated alkanes) is 6. The van der Waals surface area contributed by atoms with Gasteiger partial charge in [-0.15, -0.1) is 0 Å². The van der Waals surface area contributed by atoms with Gasteiger partial charge >= 0.3 is 5.97 Å². The Kier molecular flexibility index (Phi) is 10.4. The van der Waals surface area contributed by atoms with E-state index in [4.69, 9.17) is 9.22 Å². The zero-order chi connectivity index (χ0) is 18.4. The third-order valence-electron chi connectivity index (χ3n) is 3.11. The summed E-state index contributed by atoms with van der Waals surface area (Å²) in [5.41, 5.74) is 0. The maximum Gasteiger partial charge on any atom is 0.303 e. The smallest absolute Gasteiger partial charge is 0.303 e. The maximum atomic E-state index is 11.8. The Hall–Kier alpha value is -1.38. The average molecular weight is 297 g/mol. The van der Waals surface area contributed by atoms with E-state index >= 15 is 0 Å². The molecule has 0 aliphatic rings. The minimum absolute atomic E-state index is 0.0434. The first-order valence-electron chi connectivity index (χ1n) is 9.48. The van der Waals surface area contributed by atoms with Crippen molar-refractivity contribution in [1.29, 1.82) is 0 Å². The fraction of sp³-hybridized carbons (Fsp3) is 0.667. The molecule has 0 spiro atoms. The third-order valence-corrected chi connectivity index (χ3v) is 3.11. The molecule has 120 valence electrons. The molecule has 0 fully saturated rings. The predicted octanol–water partition coefficient (Wildman–Crippen LogP) is 5.06. The van der Waals surface area contributed by atoms with Gasteiger partial charge in [0.05, 0.1) is 4.11 Å². The summed E-state index contributed by atoms with van der Waals surface area (Å²) in [6, 6.07) is -0.0660. The molecule has 0 saturated heterocycles. The van der Waals surface area contributed by atoms with Gasteiger partial charge in [-0.2, -0.15) is 0 Å². The highest BCUT2D eigenvalue weighted by molar-refractivity contribution is 5.89. The second kappa shape index (κ2) is 15.0. The van der Waals surface area contributed by atoms with E-state index in [1.807, 2.05) is 0 Å². The highest BCUT2D eigenvalue weighted by Gasteiger charge is 1.98. The van der Waals surface area contributed by atoms with E-state index in [0.717, 1.165) is 38.5 Å². The lowest BCUT2D eigenvalue weighted by Gasteiger charge is -1.98. The van der Waals surface area contributed by atoms with Gasteiger partial charge in [0, 0.05) is 12.8 Å². The van der Waals surface area contributed by atoms with Crippen molar-refractivity contribution in [2.24, 2.45) is 0 Å². The van der Waals surface area contributed by atoms with E-state index in [1.54, 1.807) is 0 Å². The largest absolute Gasteiger partial charge is 0.481 e. The van der Waals surface area contributed by atoms with Crippen molar-refractivity contribution in [3.63, 3.8) is 0 Å². The standard InChI is InChI=1S/C18H30O3/c1-2-3-4-5-6-8-11-14-17(19)15-12-9-7-10-13-16-18(20)21/h6,8,11,14H,2-5,7,9-10,12-13,15-16H2,1H3,(H,20,21)/b8-6-,14-11+/i6D,8D,14D. The minimum Gasteiger partial charge on any atom is -0.481 e. The average Bonchev–Trinajstić information content (AvgIpc) is 2.53. The van der Waals surface area contributed by atoms with Crippen LogP contribution in [0.5, 0.6) is 0 Å². The van der Waals surface area contributed by atoms with E-state index in [2.05, 4.69) is 6.92 Å². The van der Waals surface area contributed by atoms with Gasteiger partial charge in [0.15, 0.2) is 5.78 Å². The number of hydrogen-bond acceptors (Lipinski definition) is 2. The van der Waals surface area contributed by atoms with Gasteiger partial charge in [-0.25, -0.2) is 0 Å². The van der Waals surface area contributed by atoms with Crippen LogP contribution in [0.15, 0.2) is 24.2 Å². The first kappa shape index (κ1) is 14.6. The van der Waals surface area contributed by atoms with Crippen LogP contribution < -0.4 is 0 Å². The van der Waals surface area contributed by atoms with E-state index in [0.29, 0.717) is 19.3 Å². The molecule has 3 nitrogen and oxygen atoms in total. The SMILES string of the molecule is [2H]C(/C=C(\[2H])C(=O)CCCCCCCC(=O)O)=C(\[2H])CCCCC. The number of aliphatic carboxylic acids is 1. The van der Waals surface area contributed by atoms with E-state index in [9.17, 15) is 9.59 Å². The van der Waals surface area contributed by atoms with Gasteiger partial charge < -0.3 is 5.11 Å². The Bertz CT molecular complexity index is 456. The summed E-state index contributed by atoms with van der Waals surface area (Å²) in [4.78, 5) is 22.2. The van der Waals surface area contributed by atoms with E-state index in [1.165, 1.54) is 6.08 Å². The van der Waals surface area contributed by atoms with Crippen LogP contribution in [0.1, 0.15) is 81.7 Å². The number of allylic oxidation sites excluding steroid dienone is 4. The molecule has 0 rings (SSSR count). The monoisotopic (exact) mass is 297 g/mol. The first-order valence-corrected chi connectivity index (χ1v) is 7.98. The predicted molar refractivity (Wildman–Crippen MR) is 87.4 cm³/mol. The highest BCUT2D eigenvalue weighted by atomic mass is 16.4. The summed E-state index contributed by atoms with van der Waals surface area (Å²) in [5, 5.41) is 8.52. The summed E-state index contributed by atoms with van der Waals surface area (Å²) in [6.07, 6.45) is 8.96. The fourth-order valence-corrected chi connectivity index (χ4v) is 1.87. The van der Waals surface area contributed by atoms with Crippen molar-refractivity contribution in [3.8, 4) is 0 Å². The summed E-state index contributed by atoms with van der Waals surface area (Å²) >= 11 is 0. The summed E-state index contributed by atoms with van der Waals surface area (Å²) in [5.74, 6) is -1.08. The van der Waals surface area contributed by atoms with Crippen LogP contribution in [0, 0.1) is 0 Å². The third kappa shape index (κ3) is 16.6. The topological polar surface area (TPSA) is 54.4 Å². The summed E-state index contributed by atoms with van der Waals surface area (Å²) < 4.78 is 23.2. The molecule has 0 saturated carbocycles. The normalized spacial score (nSPS) is 14.9. The fourth-order valence-electron chi connectivity index (χ4n) is 1.87. The van der Waals surface area contributed by atoms with Crippen molar-refractivity contribution in [2.75, 3.05) is 0 Å². The molecule has 3 heteroatoms. The summed E-state index contributed by atoms with van der Waals surface area (Å²) in [7, 11) is 0. The molecule has 0 radical (unpaired) electrons. The lowest BCUT2D eigenvalue weighted by Crippen LogP contribution is -1.94. The Labute approximate surface area is 133 Å². The second-order valence-electron chi connectivity index (χ2n) is 5.15. The van der Waals surface area contributed by atoms with Crippen molar-refractivity contribution >= 4 is 11.8 Å². The lowest BCUT2D eigenvalue weighted by molar-refractivity contribution is -0.137. The number of hydrogen-bond donors (Lipinski definition) is 1. The van der Waals surface area contributed by atoms with Crippen LogP contribution in [0.3, 0.4) is 0 Å².